The zero-order valence-corrected chi connectivity index (χ0v) is 11.6. The molecule has 1 N–H and O–H groups in total. The molecular weight excluding hydrogens is 246 g/mol. The summed E-state index contributed by atoms with van der Waals surface area (Å²) in [6, 6.07) is 5.82. The van der Waals surface area contributed by atoms with Gasteiger partial charge < -0.3 is 9.73 Å². The van der Waals surface area contributed by atoms with E-state index in [1.807, 2.05) is 25.2 Å². The van der Waals surface area contributed by atoms with Crippen LogP contribution in [0.15, 0.2) is 33.9 Å². The van der Waals surface area contributed by atoms with Crippen molar-refractivity contribution in [3.63, 3.8) is 0 Å². The number of rotatable bonds is 5. The van der Waals surface area contributed by atoms with Gasteiger partial charge >= 0.3 is 0 Å². The SMILES string of the molecule is CNc1cc(SCc2ccco2)nc(C(C)C)n1. The monoisotopic (exact) mass is 263 g/mol. The second kappa shape index (κ2) is 5.91. The highest BCUT2D eigenvalue weighted by Crippen LogP contribution is 2.24. The third-order valence-corrected chi connectivity index (χ3v) is 3.37. The van der Waals surface area contributed by atoms with E-state index in [1.54, 1.807) is 18.0 Å². The number of hydrogen-bond acceptors (Lipinski definition) is 5. The minimum Gasteiger partial charge on any atom is -0.468 e. The lowest BCUT2D eigenvalue weighted by atomic mass is 10.2. The number of nitrogens with zero attached hydrogens (tertiary/aromatic N) is 2. The lowest BCUT2D eigenvalue weighted by Gasteiger charge is -2.09. The Morgan fingerprint density at radius 3 is 2.83 bits per heavy atom. The standard InChI is InChI=1S/C13H17N3OS/c1-9(2)13-15-11(14-3)7-12(16-13)18-8-10-5-4-6-17-10/h4-7,9H,8H2,1-3H3,(H,14,15,16). The molecule has 0 aliphatic rings. The molecule has 18 heavy (non-hydrogen) atoms. The third kappa shape index (κ3) is 3.26. The molecule has 0 aliphatic heterocycles. The van der Waals surface area contributed by atoms with Crippen molar-refractivity contribution in [3.05, 3.63) is 36.0 Å². The van der Waals surface area contributed by atoms with E-state index in [2.05, 4.69) is 29.1 Å². The van der Waals surface area contributed by atoms with E-state index in [1.165, 1.54) is 0 Å². The fraction of sp³-hybridized carbons (Fsp3) is 0.385. The molecule has 0 amide bonds. The summed E-state index contributed by atoms with van der Waals surface area (Å²) in [7, 11) is 1.87. The lowest BCUT2D eigenvalue weighted by Crippen LogP contribution is -2.02. The van der Waals surface area contributed by atoms with E-state index >= 15 is 0 Å². The van der Waals surface area contributed by atoms with Crippen molar-refractivity contribution in [3.8, 4) is 0 Å². The highest BCUT2D eigenvalue weighted by molar-refractivity contribution is 7.98. The number of furan rings is 1. The van der Waals surface area contributed by atoms with Crippen molar-refractivity contribution >= 4 is 17.6 Å². The van der Waals surface area contributed by atoms with Crippen molar-refractivity contribution in [2.75, 3.05) is 12.4 Å². The molecule has 96 valence electrons. The lowest BCUT2D eigenvalue weighted by molar-refractivity contribution is 0.530. The topological polar surface area (TPSA) is 51.0 Å². The maximum Gasteiger partial charge on any atom is 0.134 e. The predicted octanol–water partition coefficient (Wildman–Crippen LogP) is 3.53. The molecule has 2 heterocycles. The van der Waals surface area contributed by atoms with Crippen LogP contribution in [0.1, 0.15) is 31.4 Å². The molecular formula is C13H17N3OS. The Balaban J connectivity index is 2.13. The van der Waals surface area contributed by atoms with E-state index in [4.69, 9.17) is 4.42 Å². The molecule has 0 radical (unpaired) electrons. The molecule has 0 aromatic carbocycles. The van der Waals surface area contributed by atoms with Gasteiger partial charge in [0, 0.05) is 19.0 Å². The average Bonchev–Trinajstić information content (AvgIpc) is 2.89. The molecule has 2 rings (SSSR count). The van der Waals surface area contributed by atoms with Gasteiger partial charge in [-0.05, 0) is 12.1 Å². The average molecular weight is 263 g/mol. The van der Waals surface area contributed by atoms with Gasteiger partial charge in [-0.15, -0.1) is 0 Å². The van der Waals surface area contributed by atoms with E-state index < -0.39 is 0 Å². The van der Waals surface area contributed by atoms with Gasteiger partial charge in [0.15, 0.2) is 0 Å². The molecule has 0 fully saturated rings. The number of hydrogen-bond donors (Lipinski definition) is 1. The molecule has 0 spiro atoms. The normalized spacial score (nSPS) is 10.9. The Labute approximate surface area is 111 Å². The van der Waals surface area contributed by atoms with Crippen molar-refractivity contribution in [1.82, 2.24) is 9.97 Å². The van der Waals surface area contributed by atoms with Crippen LogP contribution in [0.2, 0.25) is 0 Å². The van der Waals surface area contributed by atoms with Gasteiger partial charge in [-0.3, -0.25) is 0 Å². The van der Waals surface area contributed by atoms with Gasteiger partial charge in [-0.1, -0.05) is 25.6 Å². The summed E-state index contributed by atoms with van der Waals surface area (Å²) in [5, 5.41) is 4.04. The fourth-order valence-electron chi connectivity index (χ4n) is 1.44. The third-order valence-electron chi connectivity index (χ3n) is 2.43. The van der Waals surface area contributed by atoms with Crippen LogP contribution in [0.5, 0.6) is 0 Å². The minimum absolute atomic E-state index is 0.321. The van der Waals surface area contributed by atoms with Crippen molar-refractivity contribution < 1.29 is 4.42 Å². The highest BCUT2D eigenvalue weighted by Gasteiger charge is 2.08. The predicted molar refractivity (Wildman–Crippen MR) is 73.9 cm³/mol. The maximum absolute atomic E-state index is 5.31. The van der Waals surface area contributed by atoms with E-state index in [9.17, 15) is 0 Å². The minimum atomic E-state index is 0.321. The first-order valence-electron chi connectivity index (χ1n) is 5.91. The Bertz CT molecular complexity index is 497. The summed E-state index contributed by atoms with van der Waals surface area (Å²) in [5.41, 5.74) is 0. The number of nitrogens with one attached hydrogen (secondary N) is 1. The van der Waals surface area contributed by atoms with Crippen LogP contribution < -0.4 is 5.32 Å². The molecule has 0 saturated heterocycles. The first kappa shape index (κ1) is 13.0. The van der Waals surface area contributed by atoms with E-state index in [0.717, 1.165) is 28.2 Å². The first-order chi connectivity index (χ1) is 8.69. The van der Waals surface area contributed by atoms with Crippen molar-refractivity contribution in [2.24, 2.45) is 0 Å². The number of aromatic nitrogens is 2. The van der Waals surface area contributed by atoms with Crippen LogP contribution >= 0.6 is 11.8 Å². The van der Waals surface area contributed by atoms with Gasteiger partial charge in [0.1, 0.15) is 22.4 Å². The molecule has 0 saturated carbocycles. The smallest absolute Gasteiger partial charge is 0.134 e. The van der Waals surface area contributed by atoms with Gasteiger partial charge in [0.05, 0.1) is 12.0 Å². The Kier molecular flexibility index (Phi) is 4.25. The summed E-state index contributed by atoms with van der Waals surface area (Å²) in [6.45, 7) is 4.19. The van der Waals surface area contributed by atoms with E-state index in [-0.39, 0.29) is 0 Å². The van der Waals surface area contributed by atoms with Crippen LogP contribution in [-0.4, -0.2) is 17.0 Å². The van der Waals surface area contributed by atoms with Crippen molar-refractivity contribution in [1.29, 1.82) is 0 Å². The fourth-order valence-corrected chi connectivity index (χ4v) is 2.25. The molecule has 0 aliphatic carbocycles. The summed E-state index contributed by atoms with van der Waals surface area (Å²) in [6.07, 6.45) is 1.69. The van der Waals surface area contributed by atoms with Gasteiger partial charge in [-0.2, -0.15) is 0 Å². The van der Waals surface area contributed by atoms with Crippen LogP contribution in [0.25, 0.3) is 0 Å². The molecule has 0 atom stereocenters. The Hall–Kier alpha value is -1.49. The zero-order chi connectivity index (χ0) is 13.0. The first-order valence-corrected chi connectivity index (χ1v) is 6.89. The molecule has 4 nitrogen and oxygen atoms in total. The van der Waals surface area contributed by atoms with Crippen molar-refractivity contribution in [2.45, 2.75) is 30.5 Å². The van der Waals surface area contributed by atoms with Gasteiger partial charge in [-0.25, -0.2) is 9.97 Å². The second-order valence-corrected chi connectivity index (χ2v) is 5.22. The van der Waals surface area contributed by atoms with E-state index in [0.29, 0.717) is 5.92 Å². The largest absolute Gasteiger partial charge is 0.468 e. The van der Waals surface area contributed by atoms with Gasteiger partial charge in [0.25, 0.3) is 0 Å². The number of anilines is 1. The van der Waals surface area contributed by atoms with Crippen LogP contribution in [0.4, 0.5) is 5.82 Å². The second-order valence-electron chi connectivity index (χ2n) is 4.22. The molecule has 0 bridgehead atoms. The Morgan fingerprint density at radius 1 is 1.39 bits per heavy atom. The molecule has 2 aromatic heterocycles. The van der Waals surface area contributed by atoms with Crippen LogP contribution in [-0.2, 0) is 5.75 Å². The highest BCUT2D eigenvalue weighted by atomic mass is 32.2. The van der Waals surface area contributed by atoms with Crippen LogP contribution in [0.3, 0.4) is 0 Å². The summed E-state index contributed by atoms with van der Waals surface area (Å²) >= 11 is 1.65. The maximum atomic E-state index is 5.31. The zero-order valence-electron chi connectivity index (χ0n) is 10.8. The summed E-state index contributed by atoms with van der Waals surface area (Å²) < 4.78 is 5.31. The summed E-state index contributed by atoms with van der Waals surface area (Å²) in [4.78, 5) is 8.99. The number of thioether (sulfide) groups is 1. The quantitative estimate of drug-likeness (QED) is 0.660. The molecule has 0 unspecified atom stereocenters. The molecule has 2 aromatic rings. The molecule has 5 heteroatoms. The summed E-state index contributed by atoms with van der Waals surface area (Å²) in [5.74, 6) is 3.78. The van der Waals surface area contributed by atoms with Crippen LogP contribution in [0, 0.1) is 0 Å². The van der Waals surface area contributed by atoms with Gasteiger partial charge in [0.2, 0.25) is 0 Å². The Morgan fingerprint density at radius 2 is 2.22 bits per heavy atom.